The zero-order valence-electron chi connectivity index (χ0n) is 12.6. The van der Waals surface area contributed by atoms with Gasteiger partial charge in [0.2, 0.25) is 0 Å². The lowest BCUT2D eigenvalue weighted by Gasteiger charge is -2.05. The third-order valence-electron chi connectivity index (χ3n) is 4.20. The number of imidazole rings is 1. The topological polar surface area (TPSA) is 81.2 Å². The predicted octanol–water partition coefficient (Wildman–Crippen LogP) is 4.32. The summed E-state index contributed by atoms with van der Waals surface area (Å²) in [6, 6.07) is 3.88. The molecule has 23 heavy (non-hydrogen) atoms. The summed E-state index contributed by atoms with van der Waals surface area (Å²) in [7, 11) is 0. The minimum Gasteiger partial charge on any atom is -0.464 e. The largest absolute Gasteiger partial charge is 0.464 e. The smallest absolute Gasteiger partial charge is 0.417 e. The normalized spacial score (nSPS) is 14.6. The summed E-state index contributed by atoms with van der Waals surface area (Å²) < 4.78 is 7.50. The Balaban J connectivity index is 2.03. The number of fused-ring (bicyclic) bond motifs is 1. The SMILES string of the molecule is Cc1noc(C)c1-c1cc(I)c2nc(C3CC3)n(C(=O)O)c2c1. The molecule has 1 aromatic carbocycles. The van der Waals surface area contributed by atoms with Crippen LogP contribution in [-0.2, 0) is 0 Å². The molecule has 0 aliphatic heterocycles. The van der Waals surface area contributed by atoms with Crippen molar-refractivity contribution in [1.82, 2.24) is 14.7 Å². The Kier molecular flexibility index (Phi) is 3.22. The van der Waals surface area contributed by atoms with Gasteiger partial charge in [-0.15, -0.1) is 0 Å². The first kappa shape index (κ1) is 14.7. The molecule has 0 spiro atoms. The molecule has 1 aliphatic rings. The van der Waals surface area contributed by atoms with Crippen molar-refractivity contribution in [3.05, 3.63) is 33.0 Å². The molecule has 118 valence electrons. The van der Waals surface area contributed by atoms with E-state index in [0.29, 0.717) is 11.3 Å². The molecule has 2 heterocycles. The van der Waals surface area contributed by atoms with E-state index in [4.69, 9.17) is 4.52 Å². The Hall–Kier alpha value is -1.90. The molecule has 1 N–H and O–H groups in total. The second-order valence-electron chi connectivity index (χ2n) is 5.89. The number of aryl methyl sites for hydroxylation is 2. The van der Waals surface area contributed by atoms with Crippen LogP contribution in [0.4, 0.5) is 4.79 Å². The van der Waals surface area contributed by atoms with Crippen molar-refractivity contribution in [2.75, 3.05) is 0 Å². The molecule has 1 fully saturated rings. The van der Waals surface area contributed by atoms with Crippen molar-refractivity contribution in [2.45, 2.75) is 32.6 Å². The highest BCUT2D eigenvalue weighted by Crippen LogP contribution is 2.42. The number of rotatable bonds is 2. The minimum atomic E-state index is -0.985. The van der Waals surface area contributed by atoms with Gasteiger partial charge in [-0.1, -0.05) is 5.16 Å². The van der Waals surface area contributed by atoms with E-state index in [-0.39, 0.29) is 5.92 Å². The molecule has 0 radical (unpaired) electrons. The van der Waals surface area contributed by atoms with Crippen LogP contribution in [0, 0.1) is 17.4 Å². The monoisotopic (exact) mass is 423 g/mol. The molecule has 1 saturated carbocycles. The number of nitrogens with zero attached hydrogens (tertiary/aromatic N) is 3. The van der Waals surface area contributed by atoms with Crippen LogP contribution in [0.15, 0.2) is 16.7 Å². The Morgan fingerprint density at radius 2 is 2.13 bits per heavy atom. The molecule has 0 amide bonds. The number of halogens is 1. The number of carboxylic acid groups (broad SMARTS) is 1. The lowest BCUT2D eigenvalue weighted by Crippen LogP contribution is -2.11. The second-order valence-corrected chi connectivity index (χ2v) is 7.05. The lowest BCUT2D eigenvalue weighted by atomic mass is 10.0. The van der Waals surface area contributed by atoms with Crippen molar-refractivity contribution in [2.24, 2.45) is 0 Å². The molecule has 6 nitrogen and oxygen atoms in total. The van der Waals surface area contributed by atoms with E-state index >= 15 is 0 Å². The van der Waals surface area contributed by atoms with E-state index in [1.807, 2.05) is 26.0 Å². The van der Waals surface area contributed by atoms with Crippen molar-refractivity contribution in [3.63, 3.8) is 0 Å². The van der Waals surface area contributed by atoms with Crippen molar-refractivity contribution in [1.29, 1.82) is 0 Å². The fourth-order valence-corrected chi connectivity index (χ4v) is 3.74. The van der Waals surface area contributed by atoms with Gasteiger partial charge in [0, 0.05) is 15.1 Å². The molecule has 2 aromatic heterocycles. The molecule has 4 rings (SSSR count). The van der Waals surface area contributed by atoms with Crippen LogP contribution in [0.5, 0.6) is 0 Å². The van der Waals surface area contributed by atoms with Crippen LogP contribution >= 0.6 is 22.6 Å². The summed E-state index contributed by atoms with van der Waals surface area (Å²) in [6.07, 6.45) is 1.02. The van der Waals surface area contributed by atoms with Gasteiger partial charge in [-0.25, -0.2) is 14.3 Å². The quantitative estimate of drug-likeness (QED) is 0.622. The lowest BCUT2D eigenvalue weighted by molar-refractivity contribution is 0.196. The van der Waals surface area contributed by atoms with E-state index in [1.54, 1.807) is 0 Å². The number of hydrogen-bond acceptors (Lipinski definition) is 4. The highest BCUT2D eigenvalue weighted by atomic mass is 127. The average Bonchev–Trinajstić information content (AvgIpc) is 3.17. The maximum Gasteiger partial charge on any atom is 0.417 e. The van der Waals surface area contributed by atoms with Crippen LogP contribution < -0.4 is 0 Å². The standard InChI is InChI=1S/C16H14IN3O3/c1-7-13(8(2)23-19-7)10-5-11(17)14-12(6-10)20(16(21)22)15(18-14)9-3-4-9/h5-6,9H,3-4H2,1-2H3,(H,21,22). The summed E-state index contributed by atoms with van der Waals surface area (Å²) in [6.45, 7) is 3.74. The maximum absolute atomic E-state index is 11.8. The second kappa shape index (κ2) is 5.05. The summed E-state index contributed by atoms with van der Waals surface area (Å²) in [5, 5.41) is 13.6. The predicted molar refractivity (Wildman–Crippen MR) is 92.8 cm³/mol. The number of aromatic nitrogens is 3. The average molecular weight is 423 g/mol. The molecule has 0 atom stereocenters. The molecule has 0 bridgehead atoms. The maximum atomic E-state index is 11.8. The molecule has 3 aromatic rings. The van der Waals surface area contributed by atoms with Gasteiger partial charge in [0.15, 0.2) is 0 Å². The molecular weight excluding hydrogens is 409 g/mol. The van der Waals surface area contributed by atoms with Crippen molar-refractivity contribution in [3.8, 4) is 11.1 Å². The zero-order valence-corrected chi connectivity index (χ0v) is 14.8. The van der Waals surface area contributed by atoms with E-state index in [2.05, 4.69) is 32.7 Å². The van der Waals surface area contributed by atoms with Crippen LogP contribution in [-0.4, -0.2) is 25.9 Å². The summed E-state index contributed by atoms with van der Waals surface area (Å²) >= 11 is 2.21. The fraction of sp³-hybridized carbons (Fsp3) is 0.312. The highest BCUT2D eigenvalue weighted by molar-refractivity contribution is 14.1. The minimum absolute atomic E-state index is 0.261. The van der Waals surface area contributed by atoms with Gasteiger partial charge in [-0.2, -0.15) is 0 Å². The number of carbonyl (C=O) groups is 1. The summed E-state index contributed by atoms with van der Waals surface area (Å²) in [4.78, 5) is 16.4. The number of hydrogen-bond donors (Lipinski definition) is 1. The van der Waals surface area contributed by atoms with Gasteiger partial charge in [-0.3, -0.25) is 0 Å². The first-order chi connectivity index (χ1) is 11.0. The molecule has 0 unspecified atom stereocenters. The Labute approximate surface area is 145 Å². The van der Waals surface area contributed by atoms with Gasteiger partial charge >= 0.3 is 6.09 Å². The summed E-state index contributed by atoms with van der Waals surface area (Å²) in [5.74, 6) is 1.64. The van der Waals surface area contributed by atoms with Crippen molar-refractivity contribution < 1.29 is 14.4 Å². The third kappa shape index (κ3) is 2.25. The van der Waals surface area contributed by atoms with Gasteiger partial charge < -0.3 is 9.63 Å². The first-order valence-electron chi connectivity index (χ1n) is 7.35. The van der Waals surface area contributed by atoms with Crippen LogP contribution in [0.25, 0.3) is 22.2 Å². The molecule has 1 aliphatic carbocycles. The van der Waals surface area contributed by atoms with E-state index in [0.717, 1.165) is 44.5 Å². The first-order valence-corrected chi connectivity index (χ1v) is 8.43. The van der Waals surface area contributed by atoms with E-state index < -0.39 is 6.09 Å². The van der Waals surface area contributed by atoms with Crippen molar-refractivity contribution >= 4 is 39.7 Å². The molecular formula is C16H14IN3O3. The Bertz CT molecular complexity index is 934. The van der Waals surface area contributed by atoms with Gasteiger partial charge in [-0.05, 0) is 67.0 Å². The Morgan fingerprint density at radius 1 is 1.39 bits per heavy atom. The van der Waals surface area contributed by atoms with Crippen LogP contribution in [0.3, 0.4) is 0 Å². The van der Waals surface area contributed by atoms with E-state index in [9.17, 15) is 9.90 Å². The fourth-order valence-electron chi connectivity index (χ4n) is 3.01. The van der Waals surface area contributed by atoms with Crippen LogP contribution in [0.1, 0.15) is 36.0 Å². The molecule has 0 saturated heterocycles. The van der Waals surface area contributed by atoms with Crippen LogP contribution in [0.2, 0.25) is 0 Å². The Morgan fingerprint density at radius 3 is 2.70 bits per heavy atom. The third-order valence-corrected chi connectivity index (χ3v) is 5.02. The number of benzene rings is 1. The zero-order chi connectivity index (χ0) is 16.3. The van der Waals surface area contributed by atoms with Gasteiger partial charge in [0.1, 0.15) is 17.1 Å². The summed E-state index contributed by atoms with van der Waals surface area (Å²) in [5.41, 5.74) is 3.98. The van der Waals surface area contributed by atoms with Gasteiger partial charge in [0.25, 0.3) is 0 Å². The van der Waals surface area contributed by atoms with Gasteiger partial charge in [0.05, 0.1) is 11.2 Å². The molecule has 7 heteroatoms. The van der Waals surface area contributed by atoms with E-state index in [1.165, 1.54) is 4.57 Å². The highest BCUT2D eigenvalue weighted by Gasteiger charge is 2.32.